The zero-order valence-corrected chi connectivity index (χ0v) is 15.2. The molecule has 25 heavy (non-hydrogen) atoms. The summed E-state index contributed by atoms with van der Waals surface area (Å²) in [5, 5.41) is 4.01. The lowest BCUT2D eigenvalue weighted by Gasteiger charge is -2.26. The Balaban J connectivity index is 1.66. The molecular formula is C20H25N3O2. The van der Waals surface area contributed by atoms with E-state index in [0.717, 1.165) is 19.4 Å². The van der Waals surface area contributed by atoms with Crippen LogP contribution in [0, 0.1) is 13.8 Å². The molecule has 1 aliphatic heterocycles. The molecule has 1 amide bonds. The van der Waals surface area contributed by atoms with E-state index in [1.807, 2.05) is 4.90 Å². The second-order valence-electron chi connectivity index (χ2n) is 6.93. The molecule has 0 unspecified atom stereocenters. The molecule has 1 aromatic carbocycles. The molecule has 1 fully saturated rings. The fraction of sp³-hybridized carbons (Fsp3) is 0.450. The average molecular weight is 339 g/mol. The number of amides is 1. The van der Waals surface area contributed by atoms with Gasteiger partial charge in [-0.1, -0.05) is 23.8 Å². The minimum absolute atomic E-state index is 0.0241. The molecule has 1 saturated heterocycles. The van der Waals surface area contributed by atoms with Gasteiger partial charge in [-0.05, 0) is 37.8 Å². The van der Waals surface area contributed by atoms with Gasteiger partial charge in [-0.15, -0.1) is 0 Å². The highest BCUT2D eigenvalue weighted by Crippen LogP contribution is 2.34. The van der Waals surface area contributed by atoms with E-state index in [4.69, 9.17) is 0 Å². The lowest BCUT2D eigenvalue weighted by Crippen LogP contribution is -2.31. The number of nitrogens with zero attached hydrogens (tertiary/aromatic N) is 3. The summed E-state index contributed by atoms with van der Waals surface area (Å²) in [6.45, 7) is 4.95. The van der Waals surface area contributed by atoms with Gasteiger partial charge in [0.05, 0.1) is 17.8 Å². The van der Waals surface area contributed by atoms with E-state index in [1.54, 1.807) is 24.1 Å². The van der Waals surface area contributed by atoms with Crippen LogP contribution in [0.1, 0.15) is 58.8 Å². The van der Waals surface area contributed by atoms with Crippen LogP contribution in [0.15, 0.2) is 30.6 Å². The van der Waals surface area contributed by atoms with E-state index in [0.29, 0.717) is 5.56 Å². The van der Waals surface area contributed by atoms with Crippen LogP contribution in [0.5, 0.6) is 0 Å². The topological polar surface area (TPSA) is 55.2 Å². The summed E-state index contributed by atoms with van der Waals surface area (Å²) < 4.78 is 1.60. The van der Waals surface area contributed by atoms with Crippen LogP contribution in [0.25, 0.3) is 0 Å². The van der Waals surface area contributed by atoms with Gasteiger partial charge in [0.1, 0.15) is 0 Å². The molecule has 3 rings (SSSR count). The minimum atomic E-state index is -0.0241. The molecule has 0 radical (unpaired) electrons. The van der Waals surface area contributed by atoms with Crippen molar-refractivity contribution in [3.63, 3.8) is 0 Å². The van der Waals surface area contributed by atoms with Gasteiger partial charge >= 0.3 is 0 Å². The van der Waals surface area contributed by atoms with E-state index in [1.165, 1.54) is 16.7 Å². The number of Topliss-reactive ketones (excluding diaryl/α,β-unsaturated/α-hetero) is 1. The predicted molar refractivity (Wildman–Crippen MR) is 96.4 cm³/mol. The Morgan fingerprint density at radius 3 is 2.76 bits per heavy atom. The van der Waals surface area contributed by atoms with Crippen LogP contribution in [0.4, 0.5) is 0 Å². The fourth-order valence-corrected chi connectivity index (χ4v) is 3.58. The smallest absolute Gasteiger partial charge is 0.223 e. The number of aryl methyl sites for hydroxylation is 3. The van der Waals surface area contributed by atoms with Crippen LogP contribution in [0.3, 0.4) is 0 Å². The second kappa shape index (κ2) is 7.21. The van der Waals surface area contributed by atoms with Crippen molar-refractivity contribution in [3.05, 3.63) is 52.8 Å². The first-order valence-electron chi connectivity index (χ1n) is 8.84. The Kier molecular flexibility index (Phi) is 5.02. The summed E-state index contributed by atoms with van der Waals surface area (Å²) in [6.07, 6.45) is 5.76. The number of carbonyl (C=O) groups is 2. The van der Waals surface area contributed by atoms with Crippen LogP contribution in [-0.4, -0.2) is 32.9 Å². The molecular weight excluding hydrogens is 314 g/mol. The van der Waals surface area contributed by atoms with Crippen molar-refractivity contribution in [2.24, 2.45) is 7.05 Å². The summed E-state index contributed by atoms with van der Waals surface area (Å²) in [5.74, 6) is 0.0459. The molecule has 5 heteroatoms. The monoisotopic (exact) mass is 339 g/mol. The van der Waals surface area contributed by atoms with Crippen molar-refractivity contribution >= 4 is 11.7 Å². The van der Waals surface area contributed by atoms with Crippen molar-refractivity contribution < 1.29 is 9.59 Å². The summed E-state index contributed by atoms with van der Waals surface area (Å²) in [4.78, 5) is 26.9. The lowest BCUT2D eigenvalue weighted by atomic mass is 9.97. The number of rotatable bonds is 5. The molecule has 5 nitrogen and oxygen atoms in total. The van der Waals surface area contributed by atoms with Crippen molar-refractivity contribution in [2.75, 3.05) is 6.54 Å². The van der Waals surface area contributed by atoms with E-state index >= 15 is 0 Å². The van der Waals surface area contributed by atoms with Crippen molar-refractivity contribution in [3.8, 4) is 0 Å². The quantitative estimate of drug-likeness (QED) is 0.785. The van der Waals surface area contributed by atoms with Gasteiger partial charge in [0.2, 0.25) is 5.91 Å². The van der Waals surface area contributed by atoms with Gasteiger partial charge < -0.3 is 4.90 Å². The SMILES string of the molecule is Cc1ccc(C)c([C@H]2CCCN2C(=O)CCC(=O)c2cnn(C)c2)c1. The van der Waals surface area contributed by atoms with E-state index in [2.05, 4.69) is 37.1 Å². The number of hydrogen-bond acceptors (Lipinski definition) is 3. The lowest BCUT2D eigenvalue weighted by molar-refractivity contribution is -0.132. The number of carbonyl (C=O) groups excluding carboxylic acids is 2. The van der Waals surface area contributed by atoms with Gasteiger partial charge in [0, 0.05) is 32.6 Å². The number of benzene rings is 1. The first-order chi connectivity index (χ1) is 12.0. The molecule has 2 aromatic rings. The number of likely N-dealkylation sites (tertiary alicyclic amines) is 1. The second-order valence-corrected chi connectivity index (χ2v) is 6.93. The molecule has 0 bridgehead atoms. The molecule has 0 spiro atoms. The third-order valence-electron chi connectivity index (χ3n) is 4.96. The molecule has 0 saturated carbocycles. The molecule has 1 atom stereocenters. The molecule has 1 aromatic heterocycles. The third kappa shape index (κ3) is 3.81. The van der Waals surface area contributed by atoms with Crippen molar-refractivity contribution in [2.45, 2.75) is 45.6 Å². The molecule has 1 aliphatic rings. The number of aromatic nitrogens is 2. The van der Waals surface area contributed by atoms with Crippen molar-refractivity contribution in [1.82, 2.24) is 14.7 Å². The van der Waals surface area contributed by atoms with E-state index in [9.17, 15) is 9.59 Å². The predicted octanol–water partition coefficient (Wildman–Crippen LogP) is 3.36. The minimum Gasteiger partial charge on any atom is -0.336 e. The number of hydrogen-bond donors (Lipinski definition) is 0. The normalized spacial score (nSPS) is 17.1. The Morgan fingerprint density at radius 2 is 2.04 bits per heavy atom. The van der Waals surface area contributed by atoms with Gasteiger partial charge in [-0.3, -0.25) is 14.3 Å². The highest BCUT2D eigenvalue weighted by molar-refractivity contribution is 5.97. The molecule has 2 heterocycles. The molecule has 0 N–H and O–H groups in total. The zero-order valence-electron chi connectivity index (χ0n) is 15.2. The Labute approximate surface area is 148 Å². The first-order valence-corrected chi connectivity index (χ1v) is 8.84. The maximum absolute atomic E-state index is 12.7. The largest absolute Gasteiger partial charge is 0.336 e. The van der Waals surface area contributed by atoms with E-state index in [-0.39, 0.29) is 30.6 Å². The summed E-state index contributed by atoms with van der Waals surface area (Å²) >= 11 is 0. The summed E-state index contributed by atoms with van der Waals surface area (Å²) in [7, 11) is 1.78. The van der Waals surface area contributed by atoms with Crippen LogP contribution >= 0.6 is 0 Å². The Morgan fingerprint density at radius 1 is 1.24 bits per heavy atom. The van der Waals surface area contributed by atoms with Crippen LogP contribution < -0.4 is 0 Å². The molecule has 132 valence electrons. The summed E-state index contributed by atoms with van der Waals surface area (Å²) in [6, 6.07) is 6.55. The average Bonchev–Trinajstić information content (AvgIpc) is 3.23. The maximum Gasteiger partial charge on any atom is 0.223 e. The van der Waals surface area contributed by atoms with E-state index < -0.39 is 0 Å². The van der Waals surface area contributed by atoms with Crippen LogP contribution in [-0.2, 0) is 11.8 Å². The Bertz CT molecular complexity index is 794. The standard InChI is InChI=1S/C20H25N3O2/c1-14-6-7-15(2)17(11-14)18-5-4-10-23(18)20(25)9-8-19(24)16-12-21-22(3)13-16/h6-7,11-13,18H,4-5,8-10H2,1-3H3/t18-/m1/s1. The highest BCUT2D eigenvalue weighted by atomic mass is 16.2. The highest BCUT2D eigenvalue weighted by Gasteiger charge is 2.30. The van der Waals surface area contributed by atoms with Crippen LogP contribution in [0.2, 0.25) is 0 Å². The summed E-state index contributed by atoms with van der Waals surface area (Å²) in [5.41, 5.74) is 4.25. The maximum atomic E-state index is 12.7. The van der Waals surface area contributed by atoms with Gasteiger partial charge in [0.15, 0.2) is 5.78 Å². The zero-order chi connectivity index (χ0) is 18.0. The number of ketones is 1. The first kappa shape index (κ1) is 17.4. The van der Waals surface area contributed by atoms with Gasteiger partial charge in [-0.25, -0.2) is 0 Å². The third-order valence-corrected chi connectivity index (χ3v) is 4.96. The fourth-order valence-electron chi connectivity index (χ4n) is 3.58. The van der Waals surface area contributed by atoms with Gasteiger partial charge in [0.25, 0.3) is 0 Å². The van der Waals surface area contributed by atoms with Gasteiger partial charge in [-0.2, -0.15) is 5.10 Å². The Hall–Kier alpha value is -2.43. The molecule has 0 aliphatic carbocycles. The van der Waals surface area contributed by atoms with Crippen molar-refractivity contribution in [1.29, 1.82) is 0 Å².